The van der Waals surface area contributed by atoms with Gasteiger partial charge in [-0.25, -0.2) is 4.79 Å². The van der Waals surface area contributed by atoms with Gasteiger partial charge in [-0.15, -0.1) is 0 Å². The Morgan fingerprint density at radius 1 is 1.05 bits per heavy atom. The molecule has 5 N–H and O–H groups in total. The number of carbonyl (C=O) groups is 3. The second-order valence-corrected chi connectivity index (χ2v) is 12.0. The monoisotopic (exact) mass is 572 g/mol. The lowest BCUT2D eigenvalue weighted by Crippen LogP contribution is -2.42. The third kappa shape index (κ3) is 7.60. The van der Waals surface area contributed by atoms with Crippen molar-refractivity contribution in [2.24, 2.45) is 11.8 Å². The lowest BCUT2D eigenvalue weighted by molar-refractivity contribution is -0.170. The maximum Gasteiger partial charge on any atom is 0.336 e. The number of methoxy groups -OCH3 is 1. The molecule has 41 heavy (non-hydrogen) atoms. The first-order valence-corrected chi connectivity index (χ1v) is 13.5. The highest BCUT2D eigenvalue weighted by Gasteiger charge is 2.53. The molecule has 3 atom stereocenters. The van der Waals surface area contributed by atoms with Crippen LogP contribution in [0.2, 0.25) is 0 Å². The summed E-state index contributed by atoms with van der Waals surface area (Å²) in [6.07, 6.45) is 1.38. The lowest BCUT2D eigenvalue weighted by atomic mass is 9.85. The molecule has 0 amide bonds. The van der Waals surface area contributed by atoms with Crippen LogP contribution in [-0.2, 0) is 31.9 Å². The highest BCUT2D eigenvalue weighted by atomic mass is 16.5. The Kier molecular flexibility index (Phi) is 9.78. The number of hydrogen-bond donors (Lipinski definition) is 5. The van der Waals surface area contributed by atoms with Gasteiger partial charge in [-0.1, -0.05) is 39.0 Å². The second kappa shape index (κ2) is 12.5. The van der Waals surface area contributed by atoms with E-state index in [0.29, 0.717) is 5.92 Å². The molecule has 11 nitrogen and oxygen atoms in total. The lowest BCUT2D eigenvalue weighted by Gasteiger charge is -2.30. The van der Waals surface area contributed by atoms with Crippen molar-refractivity contribution < 1.29 is 44.7 Å². The van der Waals surface area contributed by atoms with Crippen molar-refractivity contribution in [2.45, 2.75) is 69.6 Å². The number of hydrogen-bond acceptors (Lipinski definition) is 8. The van der Waals surface area contributed by atoms with Crippen LogP contribution in [0.25, 0.3) is 0 Å². The third-order valence-electron chi connectivity index (χ3n) is 7.96. The largest absolute Gasteiger partial charge is 0.496 e. The Labute approximate surface area is 239 Å². The van der Waals surface area contributed by atoms with E-state index in [4.69, 9.17) is 25.2 Å². The predicted molar refractivity (Wildman–Crippen MR) is 148 cm³/mol. The molecular formula is C30H40N2O9. The van der Waals surface area contributed by atoms with E-state index in [2.05, 4.69) is 48.9 Å². The van der Waals surface area contributed by atoms with E-state index in [9.17, 15) is 19.5 Å². The van der Waals surface area contributed by atoms with Crippen molar-refractivity contribution in [1.82, 2.24) is 9.88 Å². The summed E-state index contributed by atoms with van der Waals surface area (Å²) in [4.78, 5) is 37.4. The third-order valence-corrected chi connectivity index (χ3v) is 7.96. The number of fused-ring (bicyclic) bond motifs is 1. The maximum absolute atomic E-state index is 11.5. The fourth-order valence-corrected chi connectivity index (χ4v) is 5.77. The molecule has 0 radical (unpaired) electrons. The molecule has 1 aromatic heterocycles. The SMILES string of the molecule is COc1ccc(C(C)(C)C)cc1CN1C[C@H]2CC[C@](O)(c3ccccn3)[C@H]2C1.O=C(O)CC(O)(CC(=O)O)C(=O)O. The van der Waals surface area contributed by atoms with Crippen LogP contribution in [0.4, 0.5) is 0 Å². The van der Waals surface area contributed by atoms with Crippen molar-refractivity contribution in [1.29, 1.82) is 0 Å². The first-order chi connectivity index (χ1) is 19.1. The number of ether oxygens (including phenoxy) is 1. The minimum Gasteiger partial charge on any atom is -0.496 e. The smallest absolute Gasteiger partial charge is 0.336 e. The number of nitrogens with zero attached hydrogens (tertiary/aromatic N) is 2. The molecule has 2 heterocycles. The molecule has 1 saturated heterocycles. The van der Waals surface area contributed by atoms with Gasteiger partial charge in [-0.3, -0.25) is 19.5 Å². The summed E-state index contributed by atoms with van der Waals surface area (Å²) in [6.45, 7) is 9.52. The van der Waals surface area contributed by atoms with E-state index >= 15 is 0 Å². The van der Waals surface area contributed by atoms with Gasteiger partial charge >= 0.3 is 17.9 Å². The van der Waals surface area contributed by atoms with Crippen molar-refractivity contribution in [3.05, 3.63) is 59.4 Å². The highest BCUT2D eigenvalue weighted by molar-refractivity contribution is 5.88. The average molecular weight is 573 g/mol. The van der Waals surface area contributed by atoms with E-state index in [0.717, 1.165) is 43.9 Å². The van der Waals surface area contributed by atoms with E-state index in [-0.39, 0.29) is 11.3 Å². The highest BCUT2D eigenvalue weighted by Crippen LogP contribution is 2.50. The molecule has 2 aromatic rings. The second-order valence-electron chi connectivity index (χ2n) is 12.0. The molecule has 1 aromatic carbocycles. The Hall–Kier alpha value is -3.54. The van der Waals surface area contributed by atoms with Crippen LogP contribution in [0.5, 0.6) is 5.75 Å². The molecule has 1 saturated carbocycles. The number of aliphatic carboxylic acids is 3. The van der Waals surface area contributed by atoms with Crippen LogP contribution in [0.1, 0.15) is 63.3 Å². The van der Waals surface area contributed by atoms with Gasteiger partial charge in [0.25, 0.3) is 0 Å². The summed E-state index contributed by atoms with van der Waals surface area (Å²) in [5, 5.41) is 45.3. The Bertz CT molecular complexity index is 1230. The van der Waals surface area contributed by atoms with Crippen molar-refractivity contribution in [2.75, 3.05) is 20.2 Å². The van der Waals surface area contributed by atoms with Gasteiger partial charge in [-0.05, 0) is 47.9 Å². The van der Waals surface area contributed by atoms with Crippen LogP contribution in [0, 0.1) is 11.8 Å². The number of carboxylic acid groups (broad SMARTS) is 3. The zero-order valence-electron chi connectivity index (χ0n) is 23.9. The first-order valence-electron chi connectivity index (χ1n) is 13.5. The molecule has 0 bridgehead atoms. The van der Waals surface area contributed by atoms with Gasteiger partial charge in [0, 0.05) is 37.3 Å². The minimum absolute atomic E-state index is 0.113. The Morgan fingerprint density at radius 3 is 2.22 bits per heavy atom. The van der Waals surface area contributed by atoms with Crippen molar-refractivity contribution in [3.8, 4) is 5.75 Å². The fourth-order valence-electron chi connectivity index (χ4n) is 5.77. The zero-order valence-corrected chi connectivity index (χ0v) is 23.9. The van der Waals surface area contributed by atoms with E-state index in [1.165, 1.54) is 11.1 Å². The summed E-state index contributed by atoms with van der Waals surface area (Å²) in [7, 11) is 1.74. The summed E-state index contributed by atoms with van der Waals surface area (Å²) in [5.74, 6) is -3.29. The Balaban J connectivity index is 0.000000302. The normalized spacial score (nSPS) is 22.4. The molecule has 4 rings (SSSR count). The van der Waals surface area contributed by atoms with Crippen LogP contribution < -0.4 is 4.74 Å². The molecule has 224 valence electrons. The number of pyridine rings is 1. The molecule has 2 fully saturated rings. The summed E-state index contributed by atoms with van der Waals surface area (Å²) < 4.78 is 5.64. The van der Waals surface area contributed by atoms with Gasteiger partial charge in [-0.2, -0.15) is 0 Å². The van der Waals surface area contributed by atoms with Crippen LogP contribution >= 0.6 is 0 Å². The maximum atomic E-state index is 11.5. The number of carboxylic acids is 3. The molecule has 1 aliphatic heterocycles. The van der Waals surface area contributed by atoms with Gasteiger partial charge in [0.1, 0.15) is 11.4 Å². The number of aromatic nitrogens is 1. The molecular weight excluding hydrogens is 532 g/mol. The standard InChI is InChI=1S/C24H32N2O2.C6H8O7/c1-23(2,3)19-8-9-21(28-4)18(13-19)15-26-14-17-10-11-24(27,20(17)16-26)22-7-5-6-12-25-22;7-3(8)1-6(13,5(11)12)2-4(9)10/h5-9,12-13,17,20,27H,10-11,14-16H2,1-4H3;13H,1-2H2,(H,7,8)(H,9,10)(H,11,12)/t17-,20+,24-;/m1./s1. The molecule has 0 spiro atoms. The number of benzene rings is 1. The van der Waals surface area contributed by atoms with Gasteiger partial charge in [0.2, 0.25) is 0 Å². The Morgan fingerprint density at radius 2 is 1.71 bits per heavy atom. The minimum atomic E-state index is -2.74. The van der Waals surface area contributed by atoms with E-state index in [1.807, 2.05) is 18.2 Å². The average Bonchev–Trinajstić information content (AvgIpc) is 3.43. The van der Waals surface area contributed by atoms with E-state index < -0.39 is 42.0 Å². The topological polar surface area (TPSA) is 178 Å². The number of rotatable bonds is 9. The van der Waals surface area contributed by atoms with E-state index in [1.54, 1.807) is 13.3 Å². The fraction of sp³-hybridized carbons (Fsp3) is 0.533. The van der Waals surface area contributed by atoms with Crippen molar-refractivity contribution >= 4 is 17.9 Å². The number of aliphatic hydroxyl groups is 2. The van der Waals surface area contributed by atoms with Gasteiger partial charge < -0.3 is 30.3 Å². The van der Waals surface area contributed by atoms with Gasteiger partial charge in [0.15, 0.2) is 5.60 Å². The summed E-state index contributed by atoms with van der Waals surface area (Å²) in [5.41, 5.74) is -0.0297. The van der Waals surface area contributed by atoms with Crippen LogP contribution in [0.15, 0.2) is 42.6 Å². The summed E-state index contributed by atoms with van der Waals surface area (Å²) in [6, 6.07) is 12.4. The van der Waals surface area contributed by atoms with Crippen LogP contribution in [0.3, 0.4) is 0 Å². The zero-order chi connectivity index (χ0) is 30.6. The molecule has 11 heteroatoms. The van der Waals surface area contributed by atoms with Crippen LogP contribution in [-0.4, -0.2) is 79.1 Å². The first kappa shape index (κ1) is 32.0. The summed E-state index contributed by atoms with van der Waals surface area (Å²) >= 11 is 0. The van der Waals surface area contributed by atoms with Gasteiger partial charge in [0.05, 0.1) is 25.6 Å². The molecule has 2 aliphatic rings. The molecule has 0 unspecified atom stereocenters. The quantitative estimate of drug-likeness (QED) is 0.298. The molecule has 1 aliphatic carbocycles. The predicted octanol–water partition coefficient (Wildman–Crippen LogP) is 2.87. The van der Waals surface area contributed by atoms with Crippen molar-refractivity contribution in [3.63, 3.8) is 0 Å². The number of likely N-dealkylation sites (tertiary alicyclic amines) is 1.